The minimum absolute atomic E-state index is 0.00207. The summed E-state index contributed by atoms with van der Waals surface area (Å²) in [5.74, 6) is -0.337. The number of benzene rings is 1. The predicted molar refractivity (Wildman–Crippen MR) is 75.7 cm³/mol. The van der Waals surface area contributed by atoms with Crippen molar-refractivity contribution in [1.29, 1.82) is 0 Å². The summed E-state index contributed by atoms with van der Waals surface area (Å²) in [6, 6.07) is 4.98. The molecule has 3 rings (SSSR count). The number of nitro groups is 1. The van der Waals surface area contributed by atoms with E-state index in [9.17, 15) is 14.9 Å². The average molecular weight is 274 g/mol. The van der Waals surface area contributed by atoms with Gasteiger partial charge in [-0.15, -0.1) is 0 Å². The molecule has 0 bridgehead atoms. The zero-order valence-corrected chi connectivity index (χ0v) is 11.5. The van der Waals surface area contributed by atoms with Crippen molar-refractivity contribution >= 4 is 17.3 Å². The quantitative estimate of drug-likeness (QED) is 0.661. The topological polar surface area (TPSA) is 72.2 Å². The second-order valence-corrected chi connectivity index (χ2v) is 6.14. The lowest BCUT2D eigenvalue weighted by Crippen LogP contribution is -2.32. The highest BCUT2D eigenvalue weighted by molar-refractivity contribution is 6.05. The lowest BCUT2D eigenvalue weighted by atomic mass is 9.65. The van der Waals surface area contributed by atoms with Gasteiger partial charge in [0.15, 0.2) is 0 Å². The van der Waals surface area contributed by atoms with E-state index in [0.29, 0.717) is 5.69 Å². The van der Waals surface area contributed by atoms with Crippen molar-refractivity contribution < 1.29 is 9.72 Å². The minimum Gasteiger partial charge on any atom is -0.320 e. The molecular weight excluding hydrogens is 256 g/mol. The number of amides is 1. The van der Waals surface area contributed by atoms with E-state index in [-0.39, 0.29) is 22.9 Å². The first kappa shape index (κ1) is 13.1. The molecule has 0 radical (unpaired) electrons. The summed E-state index contributed by atoms with van der Waals surface area (Å²) in [6.07, 6.45) is 5.49. The third-order valence-corrected chi connectivity index (χ3v) is 4.79. The van der Waals surface area contributed by atoms with Crippen molar-refractivity contribution in [3.63, 3.8) is 0 Å². The van der Waals surface area contributed by atoms with Crippen LogP contribution in [0, 0.1) is 15.5 Å². The van der Waals surface area contributed by atoms with E-state index in [0.717, 1.165) is 31.2 Å². The largest absolute Gasteiger partial charge is 0.320 e. The van der Waals surface area contributed by atoms with Crippen LogP contribution in [0.3, 0.4) is 0 Å². The van der Waals surface area contributed by atoms with Crippen LogP contribution >= 0.6 is 0 Å². The molecule has 1 aliphatic carbocycles. The van der Waals surface area contributed by atoms with Crippen molar-refractivity contribution in [2.75, 3.05) is 5.32 Å². The van der Waals surface area contributed by atoms with Crippen LogP contribution in [0.15, 0.2) is 18.2 Å². The van der Waals surface area contributed by atoms with Crippen molar-refractivity contribution in [3.8, 4) is 0 Å². The minimum atomic E-state index is -0.426. The number of fused-ring (bicyclic) bond motifs is 1. The van der Waals surface area contributed by atoms with Gasteiger partial charge in [-0.05, 0) is 23.8 Å². The summed E-state index contributed by atoms with van der Waals surface area (Å²) < 4.78 is 0. The van der Waals surface area contributed by atoms with Crippen LogP contribution in [-0.2, 0) is 4.79 Å². The van der Waals surface area contributed by atoms with Gasteiger partial charge in [0.1, 0.15) is 5.69 Å². The molecule has 1 N–H and O–H groups in total. The predicted octanol–water partition coefficient (Wildman–Crippen LogP) is 3.60. The smallest absolute Gasteiger partial charge is 0.293 e. The summed E-state index contributed by atoms with van der Waals surface area (Å²) in [6.45, 7) is 2.14. The van der Waals surface area contributed by atoms with Gasteiger partial charge in [0.2, 0.25) is 5.91 Å². The van der Waals surface area contributed by atoms with E-state index in [1.165, 1.54) is 12.5 Å². The molecule has 0 aromatic heterocycles. The summed E-state index contributed by atoms with van der Waals surface area (Å²) in [5, 5.41) is 13.8. The highest BCUT2D eigenvalue weighted by Gasteiger charge is 2.46. The Balaban J connectivity index is 2.06. The molecule has 0 saturated heterocycles. The maximum absolute atomic E-state index is 12.4. The van der Waals surface area contributed by atoms with Crippen molar-refractivity contribution in [2.24, 2.45) is 5.41 Å². The van der Waals surface area contributed by atoms with Crippen LogP contribution in [0.2, 0.25) is 0 Å². The van der Waals surface area contributed by atoms with E-state index in [4.69, 9.17) is 0 Å². The zero-order chi connectivity index (χ0) is 14.3. The van der Waals surface area contributed by atoms with Gasteiger partial charge in [0.25, 0.3) is 5.69 Å². The molecule has 1 aliphatic heterocycles. The lowest BCUT2D eigenvalue weighted by molar-refractivity contribution is -0.383. The fourth-order valence-corrected chi connectivity index (χ4v) is 3.76. The van der Waals surface area contributed by atoms with Crippen LogP contribution in [0.25, 0.3) is 0 Å². The lowest BCUT2D eigenvalue weighted by Gasteiger charge is -2.37. The first-order valence-electron chi connectivity index (χ1n) is 7.11. The molecule has 1 amide bonds. The molecule has 1 unspecified atom stereocenters. The molecule has 20 heavy (non-hydrogen) atoms. The first-order valence-corrected chi connectivity index (χ1v) is 7.11. The summed E-state index contributed by atoms with van der Waals surface area (Å²) in [7, 11) is 0. The Morgan fingerprint density at radius 2 is 2.00 bits per heavy atom. The molecule has 106 valence electrons. The monoisotopic (exact) mass is 274 g/mol. The maximum Gasteiger partial charge on any atom is 0.293 e. The van der Waals surface area contributed by atoms with Gasteiger partial charge < -0.3 is 5.32 Å². The number of nitro benzene ring substituents is 1. The second-order valence-electron chi connectivity index (χ2n) is 6.14. The zero-order valence-electron chi connectivity index (χ0n) is 11.5. The van der Waals surface area contributed by atoms with Crippen LogP contribution in [-0.4, -0.2) is 10.8 Å². The number of carbonyl (C=O) groups is 1. The molecule has 1 heterocycles. The van der Waals surface area contributed by atoms with E-state index >= 15 is 0 Å². The van der Waals surface area contributed by atoms with E-state index in [1.807, 2.05) is 6.07 Å². The van der Waals surface area contributed by atoms with Crippen LogP contribution < -0.4 is 5.32 Å². The first-order chi connectivity index (χ1) is 9.53. The number of rotatable bonds is 2. The molecule has 1 aromatic carbocycles. The Kier molecular flexibility index (Phi) is 3.00. The fourth-order valence-electron chi connectivity index (χ4n) is 3.76. The number of para-hydroxylation sites is 1. The SMILES string of the molecule is CC1(C2C(=O)Nc3c2cccc3[N+](=O)[O-])CCCCC1. The van der Waals surface area contributed by atoms with Gasteiger partial charge >= 0.3 is 0 Å². The van der Waals surface area contributed by atoms with E-state index in [2.05, 4.69) is 12.2 Å². The number of hydrogen-bond donors (Lipinski definition) is 1. The van der Waals surface area contributed by atoms with Gasteiger partial charge in [-0.3, -0.25) is 14.9 Å². The van der Waals surface area contributed by atoms with Crippen LogP contribution in [0.4, 0.5) is 11.4 Å². The third-order valence-electron chi connectivity index (χ3n) is 4.79. The number of nitrogens with one attached hydrogen (secondary N) is 1. The van der Waals surface area contributed by atoms with Gasteiger partial charge in [-0.1, -0.05) is 38.3 Å². The van der Waals surface area contributed by atoms with Gasteiger partial charge in [0.05, 0.1) is 10.8 Å². The molecule has 5 heteroatoms. The molecular formula is C15H18N2O3. The van der Waals surface area contributed by atoms with Gasteiger partial charge in [0, 0.05) is 6.07 Å². The third kappa shape index (κ3) is 1.88. The number of anilines is 1. The summed E-state index contributed by atoms with van der Waals surface area (Å²) in [5.41, 5.74) is 1.12. The average Bonchev–Trinajstić information content (AvgIpc) is 2.75. The van der Waals surface area contributed by atoms with Crippen molar-refractivity contribution in [3.05, 3.63) is 33.9 Å². The van der Waals surface area contributed by atoms with E-state index in [1.54, 1.807) is 6.07 Å². The molecule has 0 spiro atoms. The normalized spacial score (nSPS) is 24.1. The van der Waals surface area contributed by atoms with Crippen LogP contribution in [0.5, 0.6) is 0 Å². The molecule has 5 nitrogen and oxygen atoms in total. The molecule has 1 atom stereocenters. The molecule has 2 aliphatic rings. The Morgan fingerprint density at radius 1 is 1.30 bits per heavy atom. The Hall–Kier alpha value is -1.91. The van der Waals surface area contributed by atoms with Gasteiger partial charge in [-0.25, -0.2) is 0 Å². The van der Waals surface area contributed by atoms with E-state index < -0.39 is 4.92 Å². The van der Waals surface area contributed by atoms with Crippen molar-refractivity contribution in [2.45, 2.75) is 44.9 Å². The number of hydrogen-bond acceptors (Lipinski definition) is 3. The highest BCUT2D eigenvalue weighted by Crippen LogP contribution is 2.53. The molecule has 1 aromatic rings. The Morgan fingerprint density at radius 3 is 2.65 bits per heavy atom. The Labute approximate surface area is 117 Å². The molecule has 1 fully saturated rings. The van der Waals surface area contributed by atoms with Crippen LogP contribution in [0.1, 0.15) is 50.5 Å². The standard InChI is InChI=1S/C15H18N2O3/c1-15(8-3-2-4-9-15)12-10-6-5-7-11(17(19)20)13(10)16-14(12)18/h5-7,12H,2-4,8-9H2,1H3,(H,16,18). The summed E-state index contributed by atoms with van der Waals surface area (Å²) in [4.78, 5) is 23.0. The van der Waals surface area contributed by atoms with Gasteiger partial charge in [-0.2, -0.15) is 0 Å². The fraction of sp³-hybridized carbons (Fsp3) is 0.533. The maximum atomic E-state index is 12.4. The molecule has 1 saturated carbocycles. The van der Waals surface area contributed by atoms with Crippen molar-refractivity contribution in [1.82, 2.24) is 0 Å². The highest BCUT2D eigenvalue weighted by atomic mass is 16.6. The number of carbonyl (C=O) groups excluding carboxylic acids is 1. The second kappa shape index (κ2) is 4.58. The Bertz CT molecular complexity index is 576. The number of nitrogens with zero attached hydrogens (tertiary/aromatic N) is 1. The summed E-state index contributed by atoms with van der Waals surface area (Å²) >= 11 is 0.